The maximum Gasteiger partial charge on any atom is 0.236 e. The number of carbonyl (C=O) groups excluding carboxylic acids is 1. The molecule has 1 aliphatic heterocycles. The van der Waals surface area contributed by atoms with Gasteiger partial charge in [0.25, 0.3) is 0 Å². The molecule has 1 saturated heterocycles. The number of rotatable bonds is 7. The van der Waals surface area contributed by atoms with Crippen LogP contribution in [0.2, 0.25) is 0 Å². The molecular formula is C25H25F2N5O2S. The number of morpholine rings is 1. The third kappa shape index (κ3) is 4.99. The van der Waals surface area contributed by atoms with E-state index in [1.165, 1.54) is 36.0 Å². The Hall–Kier alpha value is -3.11. The highest BCUT2D eigenvalue weighted by Gasteiger charge is 2.27. The van der Waals surface area contributed by atoms with Crippen molar-refractivity contribution in [3.05, 3.63) is 59.7 Å². The summed E-state index contributed by atoms with van der Waals surface area (Å²) in [7, 11) is 0. The Kier molecular flexibility index (Phi) is 6.92. The molecule has 1 unspecified atom stereocenters. The molecule has 4 aromatic rings. The number of nitrogens with zero attached hydrogens (tertiary/aromatic N) is 5. The zero-order chi connectivity index (χ0) is 24.4. The number of fused-ring (bicyclic) bond motifs is 3. The van der Waals surface area contributed by atoms with Crippen LogP contribution in [0.3, 0.4) is 0 Å². The van der Waals surface area contributed by atoms with E-state index >= 15 is 0 Å². The smallest absolute Gasteiger partial charge is 0.236 e. The molecule has 1 atom stereocenters. The first-order valence-corrected chi connectivity index (χ1v) is 12.5. The largest absolute Gasteiger partial charge is 0.378 e. The highest BCUT2D eigenvalue weighted by Crippen LogP contribution is 2.31. The van der Waals surface area contributed by atoms with Crippen molar-refractivity contribution < 1.29 is 18.3 Å². The lowest BCUT2D eigenvalue weighted by Gasteiger charge is -2.29. The van der Waals surface area contributed by atoms with Crippen molar-refractivity contribution in [2.24, 2.45) is 0 Å². The molecule has 0 spiro atoms. The van der Waals surface area contributed by atoms with Crippen molar-refractivity contribution in [3.8, 4) is 0 Å². The van der Waals surface area contributed by atoms with Gasteiger partial charge in [-0.2, -0.15) is 0 Å². The third-order valence-corrected chi connectivity index (χ3v) is 7.17. The topological polar surface area (TPSA) is 73.1 Å². The van der Waals surface area contributed by atoms with E-state index in [0.29, 0.717) is 61.0 Å². The molecule has 0 N–H and O–H groups in total. The Balaban J connectivity index is 1.52. The molecule has 2 aromatic heterocycles. The first kappa shape index (κ1) is 23.6. The first-order valence-electron chi connectivity index (χ1n) is 11.6. The number of hydrogen-bond acceptors (Lipinski definition) is 6. The predicted octanol–water partition coefficient (Wildman–Crippen LogP) is 4.43. The summed E-state index contributed by atoms with van der Waals surface area (Å²) in [5.41, 5.74) is 2.65. The van der Waals surface area contributed by atoms with E-state index in [0.717, 1.165) is 17.5 Å². The number of ether oxygens (including phenoxy) is 1. The van der Waals surface area contributed by atoms with Crippen LogP contribution < -0.4 is 0 Å². The first-order chi connectivity index (χ1) is 17.0. The fraction of sp³-hybridized carbons (Fsp3) is 0.360. The summed E-state index contributed by atoms with van der Waals surface area (Å²) < 4.78 is 34.8. The van der Waals surface area contributed by atoms with Gasteiger partial charge in [-0.3, -0.25) is 4.79 Å². The van der Waals surface area contributed by atoms with E-state index < -0.39 is 0 Å². The molecule has 0 saturated carbocycles. The Bertz CT molecular complexity index is 1360. The van der Waals surface area contributed by atoms with Gasteiger partial charge in [-0.1, -0.05) is 37.2 Å². The number of amides is 1. The van der Waals surface area contributed by atoms with Gasteiger partial charge in [-0.25, -0.2) is 13.8 Å². The number of aromatic nitrogens is 4. The summed E-state index contributed by atoms with van der Waals surface area (Å²) in [6.07, 6.45) is 1.53. The van der Waals surface area contributed by atoms with Crippen molar-refractivity contribution in [1.29, 1.82) is 0 Å². The Morgan fingerprint density at radius 3 is 2.57 bits per heavy atom. The molecule has 2 aromatic carbocycles. The molecule has 3 heterocycles. The zero-order valence-electron chi connectivity index (χ0n) is 19.3. The zero-order valence-corrected chi connectivity index (χ0v) is 20.1. The molecule has 0 radical (unpaired) electrons. The quantitative estimate of drug-likeness (QED) is 0.352. The average Bonchev–Trinajstić information content (AvgIpc) is 3.17. The monoisotopic (exact) mass is 497 g/mol. The van der Waals surface area contributed by atoms with Gasteiger partial charge < -0.3 is 14.2 Å². The molecule has 1 fully saturated rings. The minimum Gasteiger partial charge on any atom is -0.378 e. The van der Waals surface area contributed by atoms with Crippen LogP contribution in [0.15, 0.2) is 47.6 Å². The van der Waals surface area contributed by atoms with E-state index in [9.17, 15) is 13.6 Å². The van der Waals surface area contributed by atoms with Crippen molar-refractivity contribution >= 4 is 39.7 Å². The van der Waals surface area contributed by atoms with E-state index in [1.807, 2.05) is 16.4 Å². The Morgan fingerprint density at radius 2 is 1.83 bits per heavy atom. The highest BCUT2D eigenvalue weighted by atomic mass is 32.2. The van der Waals surface area contributed by atoms with Crippen LogP contribution in [0.5, 0.6) is 0 Å². The standard InChI is InChI=1S/C25H25F2N5O2S/c1-2-3-21(24(33)31-10-12-34-13-11-31)35-25-28-23-22(29-30-25)19-14-18(27)8-9-20(19)32(23)15-16-4-6-17(26)7-5-16/h4-9,14,21H,2-3,10-13,15H2,1H3. The summed E-state index contributed by atoms with van der Waals surface area (Å²) in [6, 6.07) is 10.7. The van der Waals surface area contributed by atoms with Crippen LogP contribution in [0.25, 0.3) is 22.1 Å². The van der Waals surface area contributed by atoms with Crippen LogP contribution in [-0.2, 0) is 16.1 Å². The second kappa shape index (κ2) is 10.2. The molecule has 1 amide bonds. The molecule has 35 heavy (non-hydrogen) atoms. The van der Waals surface area contributed by atoms with Gasteiger partial charge in [-0.05, 0) is 42.3 Å². The molecular weight excluding hydrogens is 472 g/mol. The van der Waals surface area contributed by atoms with Gasteiger partial charge in [0, 0.05) is 25.0 Å². The summed E-state index contributed by atoms with van der Waals surface area (Å²) >= 11 is 1.31. The Morgan fingerprint density at radius 1 is 1.09 bits per heavy atom. The lowest BCUT2D eigenvalue weighted by atomic mass is 10.2. The van der Waals surface area contributed by atoms with E-state index in [4.69, 9.17) is 9.72 Å². The second-order valence-electron chi connectivity index (χ2n) is 8.47. The molecule has 10 heteroatoms. The normalized spacial score (nSPS) is 15.1. The van der Waals surface area contributed by atoms with Crippen LogP contribution in [0.4, 0.5) is 8.78 Å². The average molecular weight is 498 g/mol. The summed E-state index contributed by atoms with van der Waals surface area (Å²) in [6.45, 7) is 4.68. The SMILES string of the molecule is CCCC(Sc1nnc2c3cc(F)ccc3n(Cc3ccc(F)cc3)c2n1)C(=O)N1CCOCC1. The fourth-order valence-electron chi connectivity index (χ4n) is 4.31. The molecule has 7 nitrogen and oxygen atoms in total. The number of halogens is 2. The minimum absolute atomic E-state index is 0.0535. The van der Waals surface area contributed by atoms with Crippen LogP contribution in [-0.4, -0.2) is 62.1 Å². The van der Waals surface area contributed by atoms with Gasteiger partial charge in [-0.15, -0.1) is 10.2 Å². The number of hydrogen-bond donors (Lipinski definition) is 0. The van der Waals surface area contributed by atoms with Crippen LogP contribution >= 0.6 is 11.8 Å². The van der Waals surface area contributed by atoms with Crippen molar-refractivity contribution in [3.63, 3.8) is 0 Å². The lowest BCUT2D eigenvalue weighted by Crippen LogP contribution is -2.44. The van der Waals surface area contributed by atoms with Crippen LogP contribution in [0, 0.1) is 11.6 Å². The van der Waals surface area contributed by atoms with Gasteiger partial charge >= 0.3 is 0 Å². The number of benzene rings is 2. The van der Waals surface area contributed by atoms with Crippen molar-refractivity contribution in [2.75, 3.05) is 26.3 Å². The van der Waals surface area contributed by atoms with E-state index in [1.54, 1.807) is 18.2 Å². The lowest BCUT2D eigenvalue weighted by molar-refractivity contribution is -0.134. The van der Waals surface area contributed by atoms with Gasteiger partial charge in [0.2, 0.25) is 11.1 Å². The summed E-state index contributed by atoms with van der Waals surface area (Å²) in [5, 5.41) is 9.34. The predicted molar refractivity (Wildman–Crippen MR) is 130 cm³/mol. The van der Waals surface area contributed by atoms with Crippen molar-refractivity contribution in [1.82, 2.24) is 24.6 Å². The molecule has 5 rings (SSSR count). The van der Waals surface area contributed by atoms with Gasteiger partial charge in [0.05, 0.1) is 24.0 Å². The molecule has 1 aliphatic rings. The number of thioether (sulfide) groups is 1. The number of carbonyl (C=O) groups is 1. The second-order valence-corrected chi connectivity index (χ2v) is 9.64. The van der Waals surface area contributed by atoms with Crippen LogP contribution in [0.1, 0.15) is 25.3 Å². The fourth-order valence-corrected chi connectivity index (χ4v) is 5.39. The Labute approximate surface area is 205 Å². The maximum absolute atomic E-state index is 14.1. The van der Waals surface area contributed by atoms with E-state index in [2.05, 4.69) is 10.2 Å². The maximum atomic E-state index is 14.1. The van der Waals surface area contributed by atoms with Crippen molar-refractivity contribution in [2.45, 2.75) is 36.7 Å². The molecule has 182 valence electrons. The third-order valence-electron chi connectivity index (χ3n) is 6.06. The molecule has 0 bridgehead atoms. The van der Waals surface area contributed by atoms with Gasteiger partial charge in [0.15, 0.2) is 5.65 Å². The highest BCUT2D eigenvalue weighted by molar-refractivity contribution is 8.00. The van der Waals surface area contributed by atoms with E-state index in [-0.39, 0.29) is 22.8 Å². The minimum atomic E-state index is -0.377. The summed E-state index contributed by atoms with van der Waals surface area (Å²) in [5.74, 6) is -0.636. The van der Waals surface area contributed by atoms with Gasteiger partial charge in [0.1, 0.15) is 17.2 Å². The summed E-state index contributed by atoms with van der Waals surface area (Å²) in [4.78, 5) is 19.8. The molecule has 0 aliphatic carbocycles.